The highest BCUT2D eigenvalue weighted by Crippen LogP contribution is 2.56. The van der Waals surface area contributed by atoms with Gasteiger partial charge in [-0.2, -0.15) is 0 Å². The molecule has 3 fully saturated rings. The predicted molar refractivity (Wildman–Crippen MR) is 49.6 cm³/mol. The fourth-order valence-corrected chi connectivity index (χ4v) is 3.27. The molecule has 2 saturated heterocycles. The molecular weight excluding hydrogens is 164 g/mol. The first kappa shape index (κ1) is 8.25. The van der Waals surface area contributed by atoms with Crippen LogP contribution >= 0.6 is 0 Å². The Labute approximate surface area is 79.6 Å². The molecule has 13 heavy (non-hydrogen) atoms. The summed E-state index contributed by atoms with van der Waals surface area (Å²) < 4.78 is 11.4. The van der Waals surface area contributed by atoms with Crippen LogP contribution in [0.15, 0.2) is 0 Å². The number of ether oxygens (including phenoxy) is 2. The van der Waals surface area contributed by atoms with Gasteiger partial charge in [0, 0.05) is 18.4 Å². The number of hydrogen-bond donors (Lipinski definition) is 0. The minimum Gasteiger partial charge on any atom is -0.381 e. The zero-order chi connectivity index (χ0) is 8.78. The molecule has 2 nitrogen and oxygen atoms in total. The Morgan fingerprint density at radius 2 is 1.62 bits per heavy atom. The molecule has 2 heterocycles. The molecule has 2 heteroatoms. The molecule has 2 aliphatic heterocycles. The third kappa shape index (κ3) is 1.08. The molecule has 1 saturated carbocycles. The average Bonchev–Trinajstić information content (AvgIpc) is 2.94. The van der Waals surface area contributed by atoms with Crippen LogP contribution in [0.1, 0.15) is 38.5 Å². The van der Waals surface area contributed by atoms with E-state index in [0.717, 1.165) is 26.2 Å². The first-order valence-electron chi connectivity index (χ1n) is 5.59. The SMILES string of the molecule is C1CCC2(CC1)COCCC21CO1. The number of fused-ring (bicyclic) bond motifs is 1. The molecule has 0 bridgehead atoms. The fourth-order valence-electron chi connectivity index (χ4n) is 3.27. The molecule has 3 aliphatic rings. The van der Waals surface area contributed by atoms with Crippen molar-refractivity contribution < 1.29 is 9.47 Å². The van der Waals surface area contributed by atoms with Gasteiger partial charge in [0.05, 0.1) is 13.2 Å². The molecule has 0 N–H and O–H groups in total. The second kappa shape index (κ2) is 2.71. The molecule has 74 valence electrons. The highest BCUT2D eigenvalue weighted by Gasteiger charge is 2.62. The zero-order valence-corrected chi connectivity index (χ0v) is 8.18. The van der Waals surface area contributed by atoms with Crippen molar-refractivity contribution in [2.75, 3.05) is 19.8 Å². The topological polar surface area (TPSA) is 21.8 Å². The van der Waals surface area contributed by atoms with Gasteiger partial charge >= 0.3 is 0 Å². The van der Waals surface area contributed by atoms with E-state index >= 15 is 0 Å². The summed E-state index contributed by atoms with van der Waals surface area (Å²) in [5.74, 6) is 0. The van der Waals surface area contributed by atoms with Crippen molar-refractivity contribution >= 4 is 0 Å². The molecule has 1 aliphatic carbocycles. The average molecular weight is 182 g/mol. The Kier molecular flexibility index (Phi) is 1.72. The maximum absolute atomic E-state index is 5.75. The first-order valence-corrected chi connectivity index (χ1v) is 5.59. The van der Waals surface area contributed by atoms with Crippen molar-refractivity contribution in [2.24, 2.45) is 5.41 Å². The molecule has 0 radical (unpaired) electrons. The summed E-state index contributed by atoms with van der Waals surface area (Å²) in [6, 6.07) is 0. The Morgan fingerprint density at radius 3 is 2.31 bits per heavy atom. The van der Waals surface area contributed by atoms with Crippen molar-refractivity contribution in [1.29, 1.82) is 0 Å². The zero-order valence-electron chi connectivity index (χ0n) is 8.18. The van der Waals surface area contributed by atoms with E-state index in [0.29, 0.717) is 5.41 Å². The maximum atomic E-state index is 5.75. The number of rotatable bonds is 0. The molecule has 2 spiro atoms. The Hall–Kier alpha value is -0.0800. The summed E-state index contributed by atoms with van der Waals surface area (Å²) in [6.07, 6.45) is 8.01. The molecule has 0 aromatic rings. The van der Waals surface area contributed by atoms with Crippen molar-refractivity contribution in [1.82, 2.24) is 0 Å². The van der Waals surface area contributed by atoms with E-state index in [1.54, 1.807) is 0 Å². The summed E-state index contributed by atoms with van der Waals surface area (Å²) in [7, 11) is 0. The van der Waals surface area contributed by atoms with Crippen molar-refractivity contribution in [3.05, 3.63) is 0 Å². The van der Waals surface area contributed by atoms with Gasteiger partial charge in [-0.1, -0.05) is 19.3 Å². The van der Waals surface area contributed by atoms with Gasteiger partial charge in [0.2, 0.25) is 0 Å². The van der Waals surface area contributed by atoms with Crippen LogP contribution < -0.4 is 0 Å². The lowest BCUT2D eigenvalue weighted by molar-refractivity contribution is -0.0862. The summed E-state index contributed by atoms with van der Waals surface area (Å²) >= 11 is 0. The van der Waals surface area contributed by atoms with Crippen LogP contribution in [0, 0.1) is 5.41 Å². The van der Waals surface area contributed by atoms with Crippen LogP contribution in [-0.4, -0.2) is 25.4 Å². The van der Waals surface area contributed by atoms with Gasteiger partial charge in [-0.05, 0) is 12.8 Å². The summed E-state index contributed by atoms with van der Waals surface area (Å²) in [4.78, 5) is 0. The fraction of sp³-hybridized carbons (Fsp3) is 1.00. The quantitative estimate of drug-likeness (QED) is 0.535. The van der Waals surface area contributed by atoms with Gasteiger partial charge in [-0.15, -0.1) is 0 Å². The Balaban J connectivity index is 1.84. The van der Waals surface area contributed by atoms with Crippen LogP contribution in [0.2, 0.25) is 0 Å². The molecular formula is C11H18O2. The molecule has 1 unspecified atom stereocenters. The van der Waals surface area contributed by atoms with E-state index in [1.165, 1.54) is 32.1 Å². The number of hydrogen-bond acceptors (Lipinski definition) is 2. The number of epoxide rings is 1. The van der Waals surface area contributed by atoms with Gasteiger partial charge in [0.1, 0.15) is 5.60 Å². The molecule has 0 aromatic heterocycles. The van der Waals surface area contributed by atoms with E-state index in [2.05, 4.69) is 0 Å². The van der Waals surface area contributed by atoms with Crippen LogP contribution in [-0.2, 0) is 9.47 Å². The molecule has 1 atom stereocenters. The van der Waals surface area contributed by atoms with E-state index < -0.39 is 0 Å². The smallest absolute Gasteiger partial charge is 0.102 e. The molecule has 0 aromatic carbocycles. The van der Waals surface area contributed by atoms with Crippen LogP contribution in [0.4, 0.5) is 0 Å². The van der Waals surface area contributed by atoms with E-state index in [1.807, 2.05) is 0 Å². The lowest BCUT2D eigenvalue weighted by atomic mass is 9.64. The summed E-state index contributed by atoms with van der Waals surface area (Å²) in [5.41, 5.74) is 0.690. The second-order valence-electron chi connectivity index (χ2n) is 4.93. The van der Waals surface area contributed by atoms with Crippen molar-refractivity contribution in [3.63, 3.8) is 0 Å². The predicted octanol–water partition coefficient (Wildman–Crippen LogP) is 2.13. The minimum absolute atomic E-state index is 0.270. The van der Waals surface area contributed by atoms with Crippen LogP contribution in [0.25, 0.3) is 0 Å². The van der Waals surface area contributed by atoms with Crippen LogP contribution in [0.5, 0.6) is 0 Å². The van der Waals surface area contributed by atoms with Crippen molar-refractivity contribution in [2.45, 2.75) is 44.1 Å². The highest BCUT2D eigenvalue weighted by molar-refractivity contribution is 5.10. The normalized spacial score (nSPS) is 42.5. The van der Waals surface area contributed by atoms with Gasteiger partial charge in [-0.25, -0.2) is 0 Å². The minimum atomic E-state index is 0.270. The lowest BCUT2D eigenvalue weighted by Gasteiger charge is -2.45. The Bertz CT molecular complexity index is 194. The van der Waals surface area contributed by atoms with Gasteiger partial charge < -0.3 is 9.47 Å². The third-order valence-electron chi connectivity index (χ3n) is 4.30. The summed E-state index contributed by atoms with van der Waals surface area (Å²) in [5, 5.41) is 0. The lowest BCUT2D eigenvalue weighted by Crippen LogP contribution is -2.48. The van der Waals surface area contributed by atoms with Gasteiger partial charge in [0.15, 0.2) is 0 Å². The van der Waals surface area contributed by atoms with E-state index in [4.69, 9.17) is 9.47 Å². The maximum Gasteiger partial charge on any atom is 0.102 e. The van der Waals surface area contributed by atoms with Crippen molar-refractivity contribution in [3.8, 4) is 0 Å². The summed E-state index contributed by atoms with van der Waals surface area (Å²) in [6.45, 7) is 2.89. The Morgan fingerprint density at radius 1 is 0.846 bits per heavy atom. The van der Waals surface area contributed by atoms with Gasteiger partial charge in [0.25, 0.3) is 0 Å². The largest absolute Gasteiger partial charge is 0.381 e. The monoisotopic (exact) mass is 182 g/mol. The van der Waals surface area contributed by atoms with Gasteiger partial charge in [-0.3, -0.25) is 0 Å². The van der Waals surface area contributed by atoms with E-state index in [-0.39, 0.29) is 5.60 Å². The standard InChI is InChI=1S/C11H18O2/c1-2-4-10(5-3-1)8-12-7-6-11(10)9-13-11/h1-9H2. The molecule has 0 amide bonds. The first-order chi connectivity index (χ1) is 6.37. The van der Waals surface area contributed by atoms with E-state index in [9.17, 15) is 0 Å². The second-order valence-corrected chi connectivity index (χ2v) is 4.93. The molecule has 3 rings (SSSR count). The third-order valence-corrected chi connectivity index (χ3v) is 4.30. The highest BCUT2D eigenvalue weighted by atomic mass is 16.6. The van der Waals surface area contributed by atoms with Crippen LogP contribution in [0.3, 0.4) is 0 Å².